The molecule has 9 nitrogen and oxygen atoms in total. The van der Waals surface area contributed by atoms with Crippen LogP contribution >= 0.6 is 0 Å². The zero-order valence-corrected chi connectivity index (χ0v) is 10.9. The van der Waals surface area contributed by atoms with Crippen LogP contribution in [-0.4, -0.2) is 52.2 Å². The van der Waals surface area contributed by atoms with Crippen molar-refractivity contribution >= 4 is 16.2 Å². The summed E-state index contributed by atoms with van der Waals surface area (Å²) in [5, 5.41) is 15.8. The zero-order valence-electron chi connectivity index (χ0n) is 10.1. The number of carboxylic acid groups (broad SMARTS) is 1. The maximum atomic E-state index is 11.7. The number of nitrogens with zero attached hydrogens (tertiary/aromatic N) is 4. The molecule has 1 heterocycles. The van der Waals surface area contributed by atoms with Crippen molar-refractivity contribution in [3.63, 3.8) is 0 Å². The van der Waals surface area contributed by atoms with Gasteiger partial charge in [0.25, 0.3) is 10.2 Å². The minimum atomic E-state index is -3.71. The number of aryl methyl sites for hydroxylation is 1. The van der Waals surface area contributed by atoms with Crippen molar-refractivity contribution in [1.82, 2.24) is 23.8 Å². The van der Waals surface area contributed by atoms with E-state index in [1.54, 1.807) is 11.6 Å². The lowest BCUT2D eigenvalue weighted by atomic mass is 10.4. The summed E-state index contributed by atoms with van der Waals surface area (Å²) in [6, 6.07) is 0. The molecule has 0 unspecified atom stereocenters. The van der Waals surface area contributed by atoms with Gasteiger partial charge in [-0.1, -0.05) is 0 Å². The van der Waals surface area contributed by atoms with Crippen molar-refractivity contribution in [3.05, 3.63) is 12.2 Å². The number of nitrogens with one attached hydrogen (secondary N) is 1. The van der Waals surface area contributed by atoms with E-state index in [2.05, 4.69) is 14.9 Å². The molecular formula is C8H15N5O4S. The van der Waals surface area contributed by atoms with Gasteiger partial charge in [0.2, 0.25) is 0 Å². The maximum absolute atomic E-state index is 11.7. The zero-order chi connectivity index (χ0) is 13.8. The Morgan fingerprint density at radius 2 is 2.28 bits per heavy atom. The molecule has 0 aromatic carbocycles. The lowest BCUT2D eigenvalue weighted by molar-refractivity contribution is -0.137. The van der Waals surface area contributed by atoms with E-state index in [9.17, 15) is 13.2 Å². The van der Waals surface area contributed by atoms with Gasteiger partial charge in [-0.2, -0.15) is 17.4 Å². The Morgan fingerprint density at radius 1 is 1.61 bits per heavy atom. The first kappa shape index (κ1) is 14.5. The predicted octanol–water partition coefficient (Wildman–Crippen LogP) is -1.44. The Hall–Kier alpha value is -1.52. The van der Waals surface area contributed by atoms with Gasteiger partial charge in [0.1, 0.15) is 12.2 Å². The standard InChI is InChI=1S/C8H15N5O4S/c1-12-6-9-11-7(12)5-10-18(16,17)13(2)4-3-8(14)15/h6,10H,3-5H2,1-2H3,(H,14,15). The van der Waals surface area contributed by atoms with Crippen molar-refractivity contribution in [2.24, 2.45) is 7.05 Å². The van der Waals surface area contributed by atoms with E-state index in [0.29, 0.717) is 5.82 Å². The molecule has 0 aliphatic rings. The van der Waals surface area contributed by atoms with Crippen molar-refractivity contribution in [3.8, 4) is 0 Å². The number of aliphatic carboxylic acids is 1. The smallest absolute Gasteiger partial charge is 0.304 e. The van der Waals surface area contributed by atoms with Crippen LogP contribution in [0.1, 0.15) is 12.2 Å². The molecular weight excluding hydrogens is 262 g/mol. The first-order valence-electron chi connectivity index (χ1n) is 5.08. The fourth-order valence-electron chi connectivity index (χ4n) is 1.11. The minimum Gasteiger partial charge on any atom is -0.481 e. The van der Waals surface area contributed by atoms with Crippen molar-refractivity contribution in [2.75, 3.05) is 13.6 Å². The SMILES string of the molecule is CN(CCC(=O)O)S(=O)(=O)NCc1nncn1C. The minimum absolute atomic E-state index is 0.00373. The summed E-state index contributed by atoms with van der Waals surface area (Å²) in [4.78, 5) is 10.4. The number of hydrogen-bond acceptors (Lipinski definition) is 5. The van der Waals surface area contributed by atoms with E-state index in [0.717, 1.165) is 4.31 Å². The summed E-state index contributed by atoms with van der Waals surface area (Å²) < 4.78 is 28.3. The summed E-state index contributed by atoms with van der Waals surface area (Å²) in [5.41, 5.74) is 0. The molecule has 0 saturated heterocycles. The summed E-state index contributed by atoms with van der Waals surface area (Å²) in [7, 11) is -0.710. The van der Waals surface area contributed by atoms with Gasteiger partial charge in [-0.15, -0.1) is 10.2 Å². The van der Waals surface area contributed by atoms with Gasteiger partial charge in [0.15, 0.2) is 0 Å². The molecule has 2 N–H and O–H groups in total. The highest BCUT2D eigenvalue weighted by Crippen LogP contribution is 1.98. The Balaban J connectivity index is 2.54. The summed E-state index contributed by atoms with van der Waals surface area (Å²) >= 11 is 0. The molecule has 1 aromatic heterocycles. The second kappa shape index (κ2) is 5.89. The van der Waals surface area contributed by atoms with Crippen LogP contribution in [0.25, 0.3) is 0 Å². The molecule has 10 heteroatoms. The molecule has 0 saturated carbocycles. The molecule has 0 radical (unpaired) electrons. The molecule has 0 fully saturated rings. The maximum Gasteiger partial charge on any atom is 0.304 e. The third kappa shape index (κ3) is 4.05. The third-order valence-electron chi connectivity index (χ3n) is 2.27. The molecule has 1 rings (SSSR count). The van der Waals surface area contributed by atoms with Crippen LogP contribution in [0.15, 0.2) is 6.33 Å². The van der Waals surface area contributed by atoms with Crippen LogP contribution in [0, 0.1) is 0 Å². The van der Waals surface area contributed by atoms with E-state index >= 15 is 0 Å². The monoisotopic (exact) mass is 277 g/mol. The van der Waals surface area contributed by atoms with Gasteiger partial charge in [-0.3, -0.25) is 4.79 Å². The van der Waals surface area contributed by atoms with Gasteiger partial charge in [-0.25, -0.2) is 0 Å². The van der Waals surface area contributed by atoms with Crippen LogP contribution in [0.5, 0.6) is 0 Å². The number of aromatic nitrogens is 3. The van der Waals surface area contributed by atoms with E-state index in [1.807, 2.05) is 0 Å². The van der Waals surface area contributed by atoms with Crippen molar-refractivity contribution in [2.45, 2.75) is 13.0 Å². The van der Waals surface area contributed by atoms with Gasteiger partial charge >= 0.3 is 5.97 Å². The fourth-order valence-corrected chi connectivity index (χ4v) is 1.97. The van der Waals surface area contributed by atoms with Gasteiger partial charge < -0.3 is 9.67 Å². The van der Waals surface area contributed by atoms with Crippen LogP contribution in [0.4, 0.5) is 0 Å². The largest absolute Gasteiger partial charge is 0.481 e. The van der Waals surface area contributed by atoms with Crippen LogP contribution in [-0.2, 0) is 28.6 Å². The molecule has 0 amide bonds. The average molecular weight is 277 g/mol. The van der Waals surface area contributed by atoms with Crippen LogP contribution in [0.3, 0.4) is 0 Å². The molecule has 0 aliphatic heterocycles. The van der Waals surface area contributed by atoms with Crippen molar-refractivity contribution in [1.29, 1.82) is 0 Å². The van der Waals surface area contributed by atoms with Crippen molar-refractivity contribution < 1.29 is 18.3 Å². The van der Waals surface area contributed by atoms with E-state index in [-0.39, 0.29) is 19.5 Å². The van der Waals surface area contributed by atoms with E-state index in [1.165, 1.54) is 13.4 Å². The second-order valence-electron chi connectivity index (χ2n) is 3.65. The molecule has 102 valence electrons. The Kier molecular flexibility index (Phi) is 4.76. The molecule has 18 heavy (non-hydrogen) atoms. The Morgan fingerprint density at radius 3 is 2.78 bits per heavy atom. The first-order valence-corrected chi connectivity index (χ1v) is 6.52. The Labute approximate surface area is 105 Å². The number of hydrogen-bond donors (Lipinski definition) is 2. The third-order valence-corrected chi connectivity index (χ3v) is 3.78. The fraction of sp³-hybridized carbons (Fsp3) is 0.625. The molecule has 0 aliphatic carbocycles. The lowest BCUT2D eigenvalue weighted by Gasteiger charge is -2.16. The van der Waals surface area contributed by atoms with Gasteiger partial charge in [0, 0.05) is 20.6 Å². The Bertz CT molecular complexity index is 511. The number of rotatable bonds is 7. The average Bonchev–Trinajstić information content (AvgIpc) is 2.69. The number of carbonyl (C=O) groups is 1. The predicted molar refractivity (Wildman–Crippen MR) is 61.6 cm³/mol. The quantitative estimate of drug-likeness (QED) is 0.630. The summed E-state index contributed by atoms with van der Waals surface area (Å²) in [5.74, 6) is -0.587. The molecule has 1 aromatic rings. The normalized spacial score (nSPS) is 11.9. The molecule has 0 spiro atoms. The lowest BCUT2D eigenvalue weighted by Crippen LogP contribution is -2.39. The highest BCUT2D eigenvalue weighted by molar-refractivity contribution is 7.87. The number of carboxylic acids is 1. The molecule has 0 bridgehead atoms. The van der Waals surface area contributed by atoms with E-state index < -0.39 is 16.2 Å². The second-order valence-corrected chi connectivity index (χ2v) is 5.51. The topological polar surface area (TPSA) is 117 Å². The summed E-state index contributed by atoms with van der Waals surface area (Å²) in [6.07, 6.45) is 1.21. The summed E-state index contributed by atoms with van der Waals surface area (Å²) in [6.45, 7) is -0.0975. The van der Waals surface area contributed by atoms with Crippen LogP contribution < -0.4 is 4.72 Å². The van der Waals surface area contributed by atoms with Gasteiger partial charge in [0.05, 0.1) is 13.0 Å². The van der Waals surface area contributed by atoms with Gasteiger partial charge in [-0.05, 0) is 0 Å². The van der Waals surface area contributed by atoms with E-state index in [4.69, 9.17) is 5.11 Å². The first-order chi connectivity index (χ1) is 8.33. The highest BCUT2D eigenvalue weighted by Gasteiger charge is 2.18. The molecule has 0 atom stereocenters. The van der Waals surface area contributed by atoms with Crippen LogP contribution in [0.2, 0.25) is 0 Å². The highest BCUT2D eigenvalue weighted by atomic mass is 32.2.